The Hall–Kier alpha value is -1.24. The third-order valence-electron chi connectivity index (χ3n) is 1.92. The molecule has 66 valence electrons. The number of allylic oxidation sites excluding steroid dienone is 3. The van der Waals surface area contributed by atoms with Gasteiger partial charge in [-0.3, -0.25) is 4.99 Å². The molecule has 0 bridgehead atoms. The van der Waals surface area contributed by atoms with Crippen LogP contribution in [0.1, 0.15) is 6.42 Å². The van der Waals surface area contributed by atoms with E-state index in [0.717, 1.165) is 24.3 Å². The van der Waals surface area contributed by atoms with E-state index >= 15 is 0 Å². The molecule has 1 aliphatic carbocycles. The van der Waals surface area contributed by atoms with Crippen LogP contribution in [0.2, 0.25) is 0 Å². The highest BCUT2D eigenvalue weighted by Crippen LogP contribution is 2.18. The number of hydrogen-bond donors (Lipinski definition) is 0. The Morgan fingerprint density at radius 1 is 1.54 bits per heavy atom. The summed E-state index contributed by atoms with van der Waals surface area (Å²) in [4.78, 5) is 4.33. The van der Waals surface area contributed by atoms with Crippen LogP contribution in [0.4, 0.5) is 0 Å². The number of rotatable bonds is 1. The Labute approximate surface area is 81.7 Å². The van der Waals surface area contributed by atoms with Crippen molar-refractivity contribution < 1.29 is 4.29 Å². The van der Waals surface area contributed by atoms with Gasteiger partial charge in [0.25, 0.3) is 0 Å². The fraction of sp³-hybridized carbons (Fsp3) is 0.200. The molecule has 3 heteroatoms. The predicted molar refractivity (Wildman–Crippen MR) is 52.7 cm³/mol. The van der Waals surface area contributed by atoms with Crippen molar-refractivity contribution in [1.82, 2.24) is 0 Å². The van der Waals surface area contributed by atoms with Crippen LogP contribution in [-0.4, -0.2) is 12.3 Å². The summed E-state index contributed by atoms with van der Waals surface area (Å²) in [5.74, 6) is 0.498. The Morgan fingerprint density at radius 3 is 3.31 bits per heavy atom. The van der Waals surface area contributed by atoms with Crippen molar-refractivity contribution in [3.63, 3.8) is 0 Å². The lowest BCUT2D eigenvalue weighted by atomic mass is 10.1. The summed E-state index contributed by atoms with van der Waals surface area (Å²) in [5.41, 5.74) is 4.77. The van der Waals surface area contributed by atoms with Crippen LogP contribution in [0, 0.1) is 0 Å². The fourth-order valence-corrected chi connectivity index (χ4v) is 1.45. The molecule has 0 saturated carbocycles. The van der Waals surface area contributed by atoms with Crippen molar-refractivity contribution in [2.75, 3.05) is 6.54 Å². The lowest BCUT2D eigenvalue weighted by Crippen LogP contribution is -2.09. The zero-order valence-corrected chi connectivity index (χ0v) is 7.71. The van der Waals surface area contributed by atoms with Crippen molar-refractivity contribution in [3.05, 3.63) is 41.4 Å². The fourth-order valence-electron chi connectivity index (χ4n) is 1.34. The summed E-state index contributed by atoms with van der Waals surface area (Å²) >= 11 is 5.32. The SMILES string of the molecule is ClOC1=C=CC=CC2=CCCN=C12. The molecule has 2 nitrogen and oxygen atoms in total. The van der Waals surface area contributed by atoms with Gasteiger partial charge < -0.3 is 4.29 Å². The van der Waals surface area contributed by atoms with E-state index in [1.165, 1.54) is 0 Å². The number of fused-ring (bicyclic) bond motifs is 1. The summed E-state index contributed by atoms with van der Waals surface area (Å²) in [6.45, 7) is 0.790. The van der Waals surface area contributed by atoms with Gasteiger partial charge in [-0.15, -0.1) is 0 Å². The highest BCUT2D eigenvalue weighted by Gasteiger charge is 2.15. The largest absolute Gasteiger partial charge is 0.375 e. The summed E-state index contributed by atoms with van der Waals surface area (Å²) in [6.07, 6.45) is 8.73. The molecular formula is C10H8ClNO. The molecule has 0 aromatic carbocycles. The van der Waals surface area contributed by atoms with E-state index in [2.05, 4.69) is 21.1 Å². The van der Waals surface area contributed by atoms with Crippen LogP contribution in [0.5, 0.6) is 0 Å². The summed E-state index contributed by atoms with van der Waals surface area (Å²) in [7, 11) is 0. The second-order valence-corrected chi connectivity index (χ2v) is 2.91. The van der Waals surface area contributed by atoms with Gasteiger partial charge in [0.15, 0.2) is 0 Å². The minimum Gasteiger partial charge on any atom is -0.375 e. The Morgan fingerprint density at radius 2 is 2.46 bits per heavy atom. The molecule has 0 radical (unpaired) electrons. The average Bonchev–Trinajstić information content (AvgIpc) is 2.39. The number of aliphatic imine (C=N–C) groups is 1. The average molecular weight is 194 g/mol. The molecule has 0 N–H and O–H groups in total. The monoisotopic (exact) mass is 193 g/mol. The Balaban J connectivity index is 2.49. The third kappa shape index (κ3) is 1.59. The van der Waals surface area contributed by atoms with E-state index in [4.69, 9.17) is 11.9 Å². The number of halogens is 1. The molecule has 1 heterocycles. The molecule has 0 saturated heterocycles. The topological polar surface area (TPSA) is 21.6 Å². The number of hydrogen-bond acceptors (Lipinski definition) is 2. The highest BCUT2D eigenvalue weighted by atomic mass is 35.5. The molecular weight excluding hydrogens is 186 g/mol. The maximum absolute atomic E-state index is 5.32. The second-order valence-electron chi connectivity index (χ2n) is 2.75. The summed E-state index contributed by atoms with van der Waals surface area (Å²) < 4.78 is 4.68. The van der Waals surface area contributed by atoms with Gasteiger partial charge in [0, 0.05) is 12.1 Å². The first-order valence-corrected chi connectivity index (χ1v) is 4.40. The van der Waals surface area contributed by atoms with Crippen LogP contribution in [0.25, 0.3) is 0 Å². The van der Waals surface area contributed by atoms with E-state index in [0.29, 0.717) is 5.76 Å². The van der Waals surface area contributed by atoms with E-state index < -0.39 is 0 Å². The lowest BCUT2D eigenvalue weighted by molar-refractivity contribution is 0.507. The van der Waals surface area contributed by atoms with Gasteiger partial charge in [-0.1, -0.05) is 24.0 Å². The normalized spacial score (nSPS) is 19.6. The van der Waals surface area contributed by atoms with Crippen LogP contribution in [0.3, 0.4) is 0 Å². The van der Waals surface area contributed by atoms with Gasteiger partial charge in [-0.05, 0) is 12.5 Å². The van der Waals surface area contributed by atoms with Crippen molar-refractivity contribution in [1.29, 1.82) is 0 Å². The first-order chi connectivity index (χ1) is 6.42. The van der Waals surface area contributed by atoms with Crippen molar-refractivity contribution in [2.24, 2.45) is 4.99 Å². The van der Waals surface area contributed by atoms with Gasteiger partial charge in [0.05, 0.1) is 0 Å². The smallest absolute Gasteiger partial charge is 0.214 e. The zero-order chi connectivity index (χ0) is 9.10. The predicted octanol–water partition coefficient (Wildman–Crippen LogP) is 2.54. The van der Waals surface area contributed by atoms with Crippen molar-refractivity contribution in [2.45, 2.75) is 6.42 Å². The van der Waals surface area contributed by atoms with E-state index in [9.17, 15) is 0 Å². The van der Waals surface area contributed by atoms with Crippen LogP contribution in [0.15, 0.2) is 46.4 Å². The lowest BCUT2D eigenvalue weighted by Gasteiger charge is -2.10. The van der Waals surface area contributed by atoms with Crippen LogP contribution < -0.4 is 0 Å². The van der Waals surface area contributed by atoms with E-state index in [1.807, 2.05) is 12.2 Å². The second kappa shape index (κ2) is 3.65. The van der Waals surface area contributed by atoms with Gasteiger partial charge in [-0.25, -0.2) is 0 Å². The third-order valence-corrected chi connectivity index (χ3v) is 2.07. The maximum atomic E-state index is 5.32. The Kier molecular flexibility index (Phi) is 2.35. The molecule has 2 rings (SSSR count). The minimum atomic E-state index is 0.498. The maximum Gasteiger partial charge on any atom is 0.214 e. The number of nitrogens with zero attached hydrogens (tertiary/aromatic N) is 1. The van der Waals surface area contributed by atoms with Crippen LogP contribution >= 0.6 is 11.9 Å². The minimum absolute atomic E-state index is 0.498. The molecule has 1 aliphatic heterocycles. The molecule has 0 fully saturated rings. The van der Waals surface area contributed by atoms with E-state index in [-0.39, 0.29) is 0 Å². The molecule has 2 aliphatic rings. The Bertz CT molecular complexity index is 370. The van der Waals surface area contributed by atoms with E-state index in [1.54, 1.807) is 6.08 Å². The molecule has 0 spiro atoms. The molecule has 0 aromatic heterocycles. The van der Waals surface area contributed by atoms with Gasteiger partial charge in [-0.2, -0.15) is 0 Å². The quantitative estimate of drug-likeness (QED) is 0.587. The van der Waals surface area contributed by atoms with Crippen molar-refractivity contribution >= 4 is 17.6 Å². The highest BCUT2D eigenvalue weighted by molar-refractivity contribution is 6.18. The summed E-state index contributed by atoms with van der Waals surface area (Å²) in [6, 6.07) is 0. The molecule has 13 heavy (non-hydrogen) atoms. The molecule has 0 amide bonds. The first-order valence-electron chi connectivity index (χ1n) is 4.09. The molecule has 0 unspecified atom stereocenters. The standard InChI is InChI=1S/C10H8ClNO/c11-13-9-6-2-1-4-8-5-3-7-12-10(8)9/h1-2,4-5H,3,7H2. The van der Waals surface area contributed by atoms with Crippen LogP contribution in [-0.2, 0) is 4.29 Å². The van der Waals surface area contributed by atoms with Gasteiger partial charge in [0.2, 0.25) is 5.76 Å². The molecule has 0 atom stereocenters. The first kappa shape index (κ1) is 8.36. The summed E-state index contributed by atoms with van der Waals surface area (Å²) in [5, 5.41) is 0. The zero-order valence-electron chi connectivity index (χ0n) is 6.96. The molecule has 0 aromatic rings. The van der Waals surface area contributed by atoms with Crippen molar-refractivity contribution in [3.8, 4) is 0 Å². The van der Waals surface area contributed by atoms with Gasteiger partial charge >= 0.3 is 0 Å². The number of dihydropyridines is 1. The van der Waals surface area contributed by atoms with Gasteiger partial charge in [0.1, 0.15) is 17.6 Å².